The number of carbonyl (C=O) groups is 1. The Balaban J connectivity index is 2.35. The number of hydrogen-bond acceptors (Lipinski definition) is 3. The summed E-state index contributed by atoms with van der Waals surface area (Å²) in [6.07, 6.45) is 0. The maximum atomic E-state index is 11.5. The maximum absolute atomic E-state index is 11.5. The smallest absolute Gasteiger partial charge is 0.310 e. The lowest BCUT2D eigenvalue weighted by Crippen LogP contribution is -2.29. The van der Waals surface area contributed by atoms with Gasteiger partial charge in [-0.3, -0.25) is 10.7 Å². The predicted octanol–water partition coefficient (Wildman–Crippen LogP) is 1.62. The van der Waals surface area contributed by atoms with Crippen LogP contribution in [0.2, 0.25) is 0 Å². The van der Waals surface area contributed by atoms with Gasteiger partial charge < -0.3 is 4.90 Å². The van der Waals surface area contributed by atoms with E-state index >= 15 is 0 Å². The first-order valence-electron chi connectivity index (χ1n) is 5.33. The molecule has 2 rings (SSSR count). The number of nitrogens with zero attached hydrogens (tertiary/aromatic N) is 2. The number of likely N-dealkylation sites (N-methyl/N-ethyl adjacent to an activating group) is 1. The van der Waals surface area contributed by atoms with Crippen LogP contribution in [0.25, 0.3) is 0 Å². The molecule has 0 saturated carbocycles. The molecule has 1 heterocycles. The van der Waals surface area contributed by atoms with Crippen molar-refractivity contribution < 1.29 is 4.79 Å². The molecule has 2 amide bonds. The summed E-state index contributed by atoms with van der Waals surface area (Å²) in [6, 6.07) is 8.38. The van der Waals surface area contributed by atoms with Gasteiger partial charge in [0.15, 0.2) is 0 Å². The van der Waals surface area contributed by atoms with Crippen molar-refractivity contribution in [3.63, 3.8) is 0 Å². The van der Waals surface area contributed by atoms with E-state index in [1.165, 1.54) is 0 Å². The molecule has 1 saturated heterocycles. The van der Waals surface area contributed by atoms with E-state index in [9.17, 15) is 4.79 Å². The second-order valence-electron chi connectivity index (χ2n) is 3.77. The molecule has 17 heavy (non-hydrogen) atoms. The van der Waals surface area contributed by atoms with Crippen molar-refractivity contribution in [2.75, 3.05) is 6.54 Å². The summed E-state index contributed by atoms with van der Waals surface area (Å²) in [6.45, 7) is 2.41. The van der Waals surface area contributed by atoms with E-state index in [1.54, 1.807) is 29.2 Å². The highest BCUT2D eigenvalue weighted by atomic mass is 16.2. The molecule has 0 aliphatic carbocycles. The van der Waals surface area contributed by atoms with Crippen molar-refractivity contribution in [3.05, 3.63) is 35.4 Å². The van der Waals surface area contributed by atoms with Gasteiger partial charge in [-0.1, -0.05) is 12.1 Å². The first kappa shape index (κ1) is 11.1. The van der Waals surface area contributed by atoms with Gasteiger partial charge in [0.05, 0.1) is 11.6 Å². The molecule has 0 radical (unpaired) electrons. The number of amidine groups is 1. The lowest BCUT2D eigenvalue weighted by atomic mass is 10.0. The first-order chi connectivity index (χ1) is 8.17. The molecule has 0 aromatic heterocycles. The number of benzene rings is 1. The number of nitrogens with one attached hydrogen (secondary N) is 2. The number of nitriles is 1. The van der Waals surface area contributed by atoms with Gasteiger partial charge in [-0.15, -0.1) is 0 Å². The van der Waals surface area contributed by atoms with Gasteiger partial charge in [-0.05, 0) is 24.6 Å². The minimum Gasteiger partial charge on any atom is -0.310 e. The number of carbonyl (C=O) groups excluding carboxylic acids is 1. The zero-order valence-corrected chi connectivity index (χ0v) is 9.40. The largest absolute Gasteiger partial charge is 0.323 e. The van der Waals surface area contributed by atoms with Crippen molar-refractivity contribution in [3.8, 4) is 6.07 Å². The van der Waals surface area contributed by atoms with Gasteiger partial charge in [0.25, 0.3) is 0 Å². The molecule has 1 aromatic carbocycles. The lowest BCUT2D eigenvalue weighted by Gasteiger charge is -2.21. The molecular weight excluding hydrogens is 216 g/mol. The molecule has 86 valence electrons. The SMILES string of the molecule is CCN1C(=O)NC(=N)C1c1ccc(C#N)cc1. The van der Waals surface area contributed by atoms with Crippen LogP contribution in [0.3, 0.4) is 0 Å². The van der Waals surface area contributed by atoms with E-state index in [1.807, 2.05) is 13.0 Å². The zero-order valence-electron chi connectivity index (χ0n) is 9.40. The monoisotopic (exact) mass is 228 g/mol. The van der Waals surface area contributed by atoms with E-state index in [4.69, 9.17) is 10.7 Å². The summed E-state index contributed by atoms with van der Waals surface area (Å²) >= 11 is 0. The summed E-state index contributed by atoms with van der Waals surface area (Å²) in [4.78, 5) is 13.1. The Morgan fingerprint density at radius 3 is 2.65 bits per heavy atom. The fraction of sp³-hybridized carbons (Fsp3) is 0.250. The van der Waals surface area contributed by atoms with E-state index in [-0.39, 0.29) is 17.9 Å². The number of rotatable bonds is 2. The topological polar surface area (TPSA) is 80.0 Å². The fourth-order valence-electron chi connectivity index (χ4n) is 1.94. The van der Waals surface area contributed by atoms with Crippen molar-refractivity contribution in [2.24, 2.45) is 0 Å². The van der Waals surface area contributed by atoms with Gasteiger partial charge in [0, 0.05) is 6.54 Å². The predicted molar refractivity (Wildman–Crippen MR) is 62.5 cm³/mol. The molecule has 1 unspecified atom stereocenters. The Kier molecular flexibility index (Phi) is 2.79. The van der Waals surface area contributed by atoms with Crippen LogP contribution >= 0.6 is 0 Å². The van der Waals surface area contributed by atoms with Crippen LogP contribution in [-0.2, 0) is 0 Å². The standard InChI is InChI=1S/C12H12N4O/c1-2-16-10(11(14)15-12(16)17)9-5-3-8(7-13)4-6-9/h3-6,10H,2H2,1H3,(H2,14,15,17). The maximum Gasteiger partial charge on any atom is 0.323 e. The third kappa shape index (κ3) is 1.85. The van der Waals surface area contributed by atoms with Crippen molar-refractivity contribution in [2.45, 2.75) is 13.0 Å². The minimum atomic E-state index is -0.361. The van der Waals surface area contributed by atoms with Gasteiger partial charge in [-0.25, -0.2) is 4.79 Å². The van der Waals surface area contributed by atoms with Crippen LogP contribution in [0.4, 0.5) is 4.79 Å². The summed E-state index contributed by atoms with van der Waals surface area (Å²) in [5, 5.41) is 19.0. The summed E-state index contributed by atoms with van der Waals surface area (Å²) in [5.74, 6) is 0.182. The van der Waals surface area contributed by atoms with Gasteiger partial charge in [0.1, 0.15) is 11.9 Å². The fourth-order valence-corrected chi connectivity index (χ4v) is 1.94. The molecular formula is C12H12N4O. The summed E-state index contributed by atoms with van der Waals surface area (Å²) < 4.78 is 0. The number of hydrogen-bond donors (Lipinski definition) is 2. The van der Waals surface area contributed by atoms with Crippen LogP contribution in [0.5, 0.6) is 0 Å². The third-order valence-corrected chi connectivity index (χ3v) is 2.78. The van der Waals surface area contributed by atoms with E-state index < -0.39 is 0 Å². The quantitative estimate of drug-likeness (QED) is 0.806. The average Bonchev–Trinajstić information content (AvgIpc) is 2.63. The second kappa shape index (κ2) is 4.26. The molecule has 1 aromatic rings. The molecule has 0 bridgehead atoms. The van der Waals surface area contributed by atoms with Crippen molar-refractivity contribution in [1.82, 2.24) is 10.2 Å². The summed E-state index contributed by atoms with van der Waals surface area (Å²) in [7, 11) is 0. The van der Waals surface area contributed by atoms with Crippen LogP contribution in [0.1, 0.15) is 24.1 Å². The highest BCUT2D eigenvalue weighted by Gasteiger charge is 2.35. The molecule has 1 fully saturated rings. The number of urea groups is 1. The Morgan fingerprint density at radius 1 is 1.47 bits per heavy atom. The zero-order chi connectivity index (χ0) is 12.4. The van der Waals surface area contributed by atoms with E-state index in [2.05, 4.69) is 5.32 Å². The third-order valence-electron chi connectivity index (χ3n) is 2.78. The first-order valence-corrected chi connectivity index (χ1v) is 5.33. The van der Waals surface area contributed by atoms with Crippen LogP contribution in [0.15, 0.2) is 24.3 Å². The van der Waals surface area contributed by atoms with Gasteiger partial charge >= 0.3 is 6.03 Å². The van der Waals surface area contributed by atoms with E-state index in [0.717, 1.165) is 5.56 Å². The average molecular weight is 228 g/mol. The van der Waals surface area contributed by atoms with Gasteiger partial charge in [-0.2, -0.15) is 5.26 Å². The van der Waals surface area contributed by atoms with Crippen molar-refractivity contribution in [1.29, 1.82) is 10.7 Å². The minimum absolute atomic E-state index is 0.182. The Labute approximate surface area is 99.2 Å². The molecule has 1 atom stereocenters. The summed E-state index contributed by atoms with van der Waals surface area (Å²) in [5.41, 5.74) is 1.41. The lowest BCUT2D eigenvalue weighted by molar-refractivity contribution is 0.209. The van der Waals surface area contributed by atoms with Crippen LogP contribution < -0.4 is 5.32 Å². The molecule has 5 nitrogen and oxygen atoms in total. The Morgan fingerprint density at radius 2 is 2.12 bits per heavy atom. The highest BCUT2D eigenvalue weighted by molar-refractivity contribution is 6.05. The normalized spacial score (nSPS) is 19.1. The molecule has 1 aliphatic rings. The van der Waals surface area contributed by atoms with Crippen LogP contribution in [0, 0.1) is 16.7 Å². The molecule has 0 spiro atoms. The molecule has 1 aliphatic heterocycles. The van der Waals surface area contributed by atoms with Crippen LogP contribution in [-0.4, -0.2) is 23.3 Å². The molecule has 5 heteroatoms. The Bertz CT molecular complexity index is 500. The highest BCUT2D eigenvalue weighted by Crippen LogP contribution is 2.25. The van der Waals surface area contributed by atoms with Crippen molar-refractivity contribution >= 4 is 11.9 Å². The number of amides is 2. The Hall–Kier alpha value is -2.35. The second-order valence-corrected chi connectivity index (χ2v) is 3.77. The van der Waals surface area contributed by atoms with E-state index in [0.29, 0.717) is 12.1 Å². The molecule has 2 N–H and O–H groups in total. The van der Waals surface area contributed by atoms with Gasteiger partial charge in [0.2, 0.25) is 0 Å².